The van der Waals surface area contributed by atoms with Crippen LogP contribution in [0.2, 0.25) is 0 Å². The van der Waals surface area contributed by atoms with E-state index in [0.717, 1.165) is 12.1 Å². The second-order valence-electron chi connectivity index (χ2n) is 4.63. The van der Waals surface area contributed by atoms with Gasteiger partial charge in [-0.15, -0.1) is 0 Å². The minimum Gasteiger partial charge on any atom is -0.389 e. The maximum Gasteiger partial charge on any atom is 0.123 e. The van der Waals surface area contributed by atoms with Crippen LogP contribution >= 0.6 is 0 Å². The quantitative estimate of drug-likeness (QED) is 0.787. The molecule has 1 aromatic rings. The van der Waals surface area contributed by atoms with E-state index in [1.54, 1.807) is 12.1 Å². The van der Waals surface area contributed by atoms with Crippen LogP contribution in [0.1, 0.15) is 32.4 Å². The molecule has 0 amide bonds. The molecule has 0 bridgehead atoms. The molecule has 0 aliphatic carbocycles. The molecule has 0 heterocycles. The van der Waals surface area contributed by atoms with Crippen LogP contribution < -0.4 is 0 Å². The molecule has 0 saturated heterocycles. The number of aliphatic hydroxyl groups is 1. The Morgan fingerprint density at radius 2 is 1.89 bits per heavy atom. The van der Waals surface area contributed by atoms with Gasteiger partial charge in [-0.1, -0.05) is 19.1 Å². The summed E-state index contributed by atoms with van der Waals surface area (Å²) in [5.74, 6) is -0.227. The largest absolute Gasteiger partial charge is 0.389 e. The molecule has 0 aromatic heterocycles. The van der Waals surface area contributed by atoms with Crippen molar-refractivity contribution >= 4 is 0 Å². The first-order chi connectivity index (χ1) is 9.08. The highest BCUT2D eigenvalue weighted by Crippen LogP contribution is 2.20. The van der Waals surface area contributed by atoms with Gasteiger partial charge >= 0.3 is 0 Å². The number of likely N-dealkylation sites (N-methyl/N-ethyl adjacent to an activating group) is 1. The molecule has 0 aliphatic rings. The highest BCUT2D eigenvalue weighted by Gasteiger charge is 2.17. The summed E-state index contributed by atoms with van der Waals surface area (Å²) in [7, 11) is 0. The zero-order valence-corrected chi connectivity index (χ0v) is 12.0. The molecule has 19 heavy (non-hydrogen) atoms. The fraction of sp³-hybridized carbons (Fsp3) is 0.600. The van der Waals surface area contributed by atoms with Gasteiger partial charge in [-0.25, -0.2) is 4.39 Å². The lowest BCUT2D eigenvalue weighted by Gasteiger charge is -2.30. The molecule has 0 fully saturated rings. The summed E-state index contributed by atoms with van der Waals surface area (Å²) in [6.07, 6.45) is -0.497. The van der Waals surface area contributed by atoms with Crippen LogP contribution in [-0.4, -0.2) is 42.4 Å². The summed E-state index contributed by atoms with van der Waals surface area (Å²) < 4.78 is 18.1. The molecule has 4 heteroatoms. The van der Waals surface area contributed by atoms with E-state index in [9.17, 15) is 9.50 Å². The Morgan fingerprint density at radius 1 is 1.26 bits per heavy atom. The zero-order chi connectivity index (χ0) is 14.3. The molecule has 1 N–H and O–H groups in total. The van der Waals surface area contributed by atoms with E-state index in [2.05, 4.69) is 11.8 Å². The number of hydrogen-bond donors (Lipinski definition) is 1. The van der Waals surface area contributed by atoms with Crippen molar-refractivity contribution in [1.82, 2.24) is 4.90 Å². The van der Waals surface area contributed by atoms with Crippen molar-refractivity contribution in [3.63, 3.8) is 0 Å². The monoisotopic (exact) mass is 269 g/mol. The van der Waals surface area contributed by atoms with Gasteiger partial charge in [-0.05, 0) is 38.1 Å². The Hall–Kier alpha value is -0.970. The van der Waals surface area contributed by atoms with Gasteiger partial charge in [-0.2, -0.15) is 0 Å². The fourth-order valence-electron chi connectivity index (χ4n) is 2.09. The summed E-state index contributed by atoms with van der Waals surface area (Å²) >= 11 is 0. The summed E-state index contributed by atoms with van der Waals surface area (Å²) in [6, 6.07) is 6.66. The third-order valence-electron chi connectivity index (χ3n) is 3.27. The topological polar surface area (TPSA) is 32.7 Å². The van der Waals surface area contributed by atoms with Gasteiger partial charge in [-0.3, -0.25) is 4.90 Å². The Kier molecular flexibility index (Phi) is 6.99. The number of benzene rings is 1. The molecule has 2 unspecified atom stereocenters. The summed E-state index contributed by atoms with van der Waals surface area (Å²) in [4.78, 5) is 2.15. The third kappa shape index (κ3) is 5.27. The van der Waals surface area contributed by atoms with Gasteiger partial charge in [0.05, 0.1) is 12.7 Å². The predicted molar refractivity (Wildman–Crippen MR) is 74.6 cm³/mol. The van der Waals surface area contributed by atoms with Crippen molar-refractivity contribution in [3.8, 4) is 0 Å². The van der Waals surface area contributed by atoms with Crippen LogP contribution in [0.15, 0.2) is 24.3 Å². The predicted octanol–water partition coefficient (Wildman–Crippen LogP) is 2.61. The highest BCUT2D eigenvalue weighted by molar-refractivity contribution is 5.19. The normalized spacial score (nSPS) is 14.6. The second-order valence-corrected chi connectivity index (χ2v) is 4.63. The first-order valence-electron chi connectivity index (χ1n) is 6.83. The maximum absolute atomic E-state index is 12.9. The van der Waals surface area contributed by atoms with E-state index in [1.165, 1.54) is 12.1 Å². The van der Waals surface area contributed by atoms with E-state index in [0.29, 0.717) is 19.8 Å². The van der Waals surface area contributed by atoms with Crippen molar-refractivity contribution < 1.29 is 14.2 Å². The van der Waals surface area contributed by atoms with Crippen molar-refractivity contribution in [2.45, 2.75) is 32.9 Å². The van der Waals surface area contributed by atoms with Crippen molar-refractivity contribution in [3.05, 3.63) is 35.6 Å². The van der Waals surface area contributed by atoms with Crippen molar-refractivity contribution in [2.24, 2.45) is 0 Å². The van der Waals surface area contributed by atoms with Gasteiger partial charge < -0.3 is 9.84 Å². The Bertz CT molecular complexity index is 356. The number of hydrogen-bond acceptors (Lipinski definition) is 3. The van der Waals surface area contributed by atoms with E-state index < -0.39 is 6.10 Å². The second kappa shape index (κ2) is 8.25. The van der Waals surface area contributed by atoms with Gasteiger partial charge in [0, 0.05) is 19.2 Å². The lowest BCUT2D eigenvalue weighted by molar-refractivity contribution is 0.0147. The molecule has 0 aliphatic heterocycles. The third-order valence-corrected chi connectivity index (χ3v) is 3.27. The van der Waals surface area contributed by atoms with Crippen LogP contribution in [0, 0.1) is 5.82 Å². The Balaban J connectivity index is 2.60. The first kappa shape index (κ1) is 16.1. The zero-order valence-electron chi connectivity index (χ0n) is 12.0. The highest BCUT2D eigenvalue weighted by atomic mass is 19.1. The minimum atomic E-state index is -0.497. The summed E-state index contributed by atoms with van der Waals surface area (Å²) in [5.41, 5.74) is 1.05. The number of ether oxygens (including phenoxy) is 1. The van der Waals surface area contributed by atoms with Gasteiger partial charge in [0.2, 0.25) is 0 Å². The molecule has 1 aromatic carbocycles. The number of nitrogens with zero attached hydrogens (tertiary/aromatic N) is 1. The lowest BCUT2D eigenvalue weighted by Crippen LogP contribution is -2.36. The SMILES string of the molecule is CCOCC(O)CN(CC)C(C)c1ccc(F)cc1. The molecule has 2 atom stereocenters. The van der Waals surface area contributed by atoms with Crippen molar-refractivity contribution in [2.75, 3.05) is 26.3 Å². The van der Waals surface area contributed by atoms with E-state index >= 15 is 0 Å². The van der Waals surface area contributed by atoms with Gasteiger partial charge in [0.25, 0.3) is 0 Å². The molecule has 0 saturated carbocycles. The maximum atomic E-state index is 12.9. The smallest absolute Gasteiger partial charge is 0.123 e. The Morgan fingerprint density at radius 3 is 2.42 bits per heavy atom. The van der Waals surface area contributed by atoms with Crippen LogP contribution in [0.4, 0.5) is 4.39 Å². The molecule has 108 valence electrons. The van der Waals surface area contributed by atoms with E-state index in [-0.39, 0.29) is 11.9 Å². The van der Waals surface area contributed by atoms with Crippen LogP contribution in [0.25, 0.3) is 0 Å². The van der Waals surface area contributed by atoms with Crippen LogP contribution in [-0.2, 0) is 4.74 Å². The molecular formula is C15H24FNO2. The van der Waals surface area contributed by atoms with E-state index in [1.807, 2.05) is 13.8 Å². The van der Waals surface area contributed by atoms with Crippen LogP contribution in [0.3, 0.4) is 0 Å². The molecule has 0 spiro atoms. The van der Waals surface area contributed by atoms with Crippen LogP contribution in [0.5, 0.6) is 0 Å². The van der Waals surface area contributed by atoms with Gasteiger partial charge in [0.1, 0.15) is 5.82 Å². The van der Waals surface area contributed by atoms with E-state index in [4.69, 9.17) is 4.74 Å². The average Bonchev–Trinajstić information content (AvgIpc) is 2.42. The molecule has 1 rings (SSSR count). The molecule has 3 nitrogen and oxygen atoms in total. The number of halogens is 1. The molecule has 0 radical (unpaired) electrons. The average molecular weight is 269 g/mol. The first-order valence-corrected chi connectivity index (χ1v) is 6.83. The lowest BCUT2D eigenvalue weighted by atomic mass is 10.1. The molecular weight excluding hydrogens is 245 g/mol. The summed E-state index contributed by atoms with van der Waals surface area (Å²) in [6.45, 7) is 8.35. The number of rotatable bonds is 8. The summed E-state index contributed by atoms with van der Waals surface area (Å²) in [5, 5.41) is 9.90. The minimum absolute atomic E-state index is 0.141. The Labute approximate surface area is 115 Å². The fourth-order valence-corrected chi connectivity index (χ4v) is 2.09. The standard InChI is InChI=1S/C15H24FNO2/c1-4-17(10-15(18)11-19-5-2)12(3)13-6-8-14(16)9-7-13/h6-9,12,15,18H,4-5,10-11H2,1-3H3. The van der Waals surface area contributed by atoms with Crippen molar-refractivity contribution in [1.29, 1.82) is 0 Å². The van der Waals surface area contributed by atoms with Gasteiger partial charge in [0.15, 0.2) is 0 Å². The number of aliphatic hydroxyl groups excluding tert-OH is 1.